The number of benzene rings is 2. The Morgan fingerprint density at radius 2 is 1.81 bits per heavy atom. The summed E-state index contributed by atoms with van der Waals surface area (Å²) in [7, 11) is 0. The van der Waals surface area contributed by atoms with Gasteiger partial charge in [-0.15, -0.1) is 0 Å². The Kier molecular flexibility index (Phi) is 4.99. The van der Waals surface area contributed by atoms with Crippen molar-refractivity contribution in [2.45, 2.75) is 26.8 Å². The molecule has 0 aromatic heterocycles. The summed E-state index contributed by atoms with van der Waals surface area (Å²) < 4.78 is 4.97. The van der Waals surface area contributed by atoms with Crippen LogP contribution in [0.25, 0.3) is 0 Å². The molecule has 0 saturated heterocycles. The van der Waals surface area contributed by atoms with Gasteiger partial charge in [0, 0.05) is 11.7 Å². The average molecular weight is 283 g/mol. The maximum Gasteiger partial charge on any atom is 0.338 e. The second-order valence-electron chi connectivity index (χ2n) is 5.02. The SMILES string of the molecule is CCOC(=O)c1ccc(NC(C)c2ccccc2C)cc1. The highest BCUT2D eigenvalue weighted by Crippen LogP contribution is 2.22. The van der Waals surface area contributed by atoms with Crippen molar-refractivity contribution >= 4 is 11.7 Å². The fourth-order valence-corrected chi connectivity index (χ4v) is 2.32. The molecule has 1 unspecified atom stereocenters. The summed E-state index contributed by atoms with van der Waals surface area (Å²) >= 11 is 0. The van der Waals surface area contributed by atoms with Crippen LogP contribution >= 0.6 is 0 Å². The highest BCUT2D eigenvalue weighted by Gasteiger charge is 2.09. The second-order valence-corrected chi connectivity index (χ2v) is 5.02. The Morgan fingerprint density at radius 1 is 1.14 bits per heavy atom. The van der Waals surface area contributed by atoms with Gasteiger partial charge in [0.15, 0.2) is 0 Å². The smallest absolute Gasteiger partial charge is 0.338 e. The number of hydrogen-bond acceptors (Lipinski definition) is 3. The van der Waals surface area contributed by atoms with Crippen LogP contribution in [-0.4, -0.2) is 12.6 Å². The monoisotopic (exact) mass is 283 g/mol. The van der Waals surface area contributed by atoms with E-state index >= 15 is 0 Å². The van der Waals surface area contributed by atoms with Gasteiger partial charge in [-0.3, -0.25) is 0 Å². The largest absolute Gasteiger partial charge is 0.462 e. The number of anilines is 1. The van der Waals surface area contributed by atoms with Crippen LogP contribution in [0.15, 0.2) is 48.5 Å². The van der Waals surface area contributed by atoms with Crippen LogP contribution in [0.5, 0.6) is 0 Å². The zero-order chi connectivity index (χ0) is 15.2. The van der Waals surface area contributed by atoms with Crippen molar-refractivity contribution in [1.29, 1.82) is 0 Å². The lowest BCUT2D eigenvalue weighted by Crippen LogP contribution is -2.09. The van der Waals surface area contributed by atoms with Crippen molar-refractivity contribution in [3.05, 3.63) is 65.2 Å². The molecule has 3 nitrogen and oxygen atoms in total. The molecule has 2 aromatic rings. The van der Waals surface area contributed by atoms with Gasteiger partial charge in [0.05, 0.1) is 12.2 Å². The number of aryl methyl sites for hydroxylation is 1. The van der Waals surface area contributed by atoms with E-state index < -0.39 is 0 Å². The average Bonchev–Trinajstić information content (AvgIpc) is 2.48. The Balaban J connectivity index is 2.07. The van der Waals surface area contributed by atoms with E-state index in [9.17, 15) is 4.79 Å². The quantitative estimate of drug-likeness (QED) is 0.829. The summed E-state index contributed by atoms with van der Waals surface area (Å²) in [4.78, 5) is 11.6. The van der Waals surface area contributed by atoms with Gasteiger partial charge in [0.1, 0.15) is 0 Å². The molecule has 0 amide bonds. The van der Waals surface area contributed by atoms with Crippen molar-refractivity contribution in [3.63, 3.8) is 0 Å². The molecule has 0 spiro atoms. The topological polar surface area (TPSA) is 38.3 Å². The first-order chi connectivity index (χ1) is 10.1. The fraction of sp³-hybridized carbons (Fsp3) is 0.278. The first kappa shape index (κ1) is 15.1. The minimum absolute atomic E-state index is 0.208. The molecule has 0 heterocycles. The molecule has 0 saturated carbocycles. The fourth-order valence-electron chi connectivity index (χ4n) is 2.32. The van der Waals surface area contributed by atoms with Gasteiger partial charge < -0.3 is 10.1 Å². The molecule has 0 fully saturated rings. The summed E-state index contributed by atoms with van der Waals surface area (Å²) in [5, 5.41) is 3.45. The van der Waals surface area contributed by atoms with Crippen LogP contribution in [0.3, 0.4) is 0 Å². The molecule has 3 heteroatoms. The summed E-state index contributed by atoms with van der Waals surface area (Å²) in [6, 6.07) is 15.9. The zero-order valence-corrected chi connectivity index (χ0v) is 12.7. The van der Waals surface area contributed by atoms with E-state index in [0.717, 1.165) is 5.69 Å². The van der Waals surface area contributed by atoms with Crippen LogP contribution < -0.4 is 5.32 Å². The van der Waals surface area contributed by atoms with Gasteiger partial charge in [0.2, 0.25) is 0 Å². The molecule has 1 N–H and O–H groups in total. The van der Waals surface area contributed by atoms with Crippen LogP contribution in [0.4, 0.5) is 5.69 Å². The van der Waals surface area contributed by atoms with Gasteiger partial charge in [-0.1, -0.05) is 24.3 Å². The summed E-state index contributed by atoms with van der Waals surface area (Å²) in [5.74, 6) is -0.281. The Bertz CT molecular complexity index is 605. The van der Waals surface area contributed by atoms with Crippen molar-refractivity contribution < 1.29 is 9.53 Å². The van der Waals surface area contributed by atoms with Crippen LogP contribution in [0.2, 0.25) is 0 Å². The zero-order valence-electron chi connectivity index (χ0n) is 12.7. The molecule has 0 aliphatic carbocycles. The van der Waals surface area contributed by atoms with Crippen molar-refractivity contribution in [1.82, 2.24) is 0 Å². The molecule has 2 aromatic carbocycles. The molecule has 1 atom stereocenters. The molecular formula is C18H21NO2. The van der Waals surface area contributed by atoms with Crippen molar-refractivity contribution in [2.75, 3.05) is 11.9 Å². The molecule has 0 radical (unpaired) electrons. The Morgan fingerprint density at radius 3 is 2.43 bits per heavy atom. The third-order valence-corrected chi connectivity index (χ3v) is 3.43. The molecule has 0 aliphatic rings. The number of ether oxygens (including phenoxy) is 1. The molecule has 0 bridgehead atoms. The summed E-state index contributed by atoms with van der Waals surface area (Å²) in [6.45, 7) is 6.43. The lowest BCUT2D eigenvalue weighted by molar-refractivity contribution is 0.0526. The van der Waals surface area contributed by atoms with Crippen LogP contribution in [0.1, 0.15) is 41.4 Å². The lowest BCUT2D eigenvalue weighted by Gasteiger charge is -2.18. The van der Waals surface area contributed by atoms with Gasteiger partial charge in [-0.05, 0) is 56.2 Å². The number of hydrogen-bond donors (Lipinski definition) is 1. The van der Waals surface area contributed by atoms with Crippen molar-refractivity contribution in [3.8, 4) is 0 Å². The molecule has 110 valence electrons. The minimum atomic E-state index is -0.281. The van der Waals surface area contributed by atoms with E-state index in [1.807, 2.05) is 24.3 Å². The molecule has 0 aliphatic heterocycles. The number of carbonyl (C=O) groups excluding carboxylic acids is 1. The second kappa shape index (κ2) is 6.93. The highest BCUT2D eigenvalue weighted by atomic mass is 16.5. The minimum Gasteiger partial charge on any atom is -0.462 e. The first-order valence-corrected chi connectivity index (χ1v) is 7.21. The van der Waals surface area contributed by atoms with Crippen LogP contribution in [0, 0.1) is 6.92 Å². The van der Waals surface area contributed by atoms with E-state index in [4.69, 9.17) is 4.74 Å². The maximum absolute atomic E-state index is 11.6. The summed E-state index contributed by atoms with van der Waals surface area (Å²) in [5.41, 5.74) is 4.09. The third kappa shape index (κ3) is 3.85. The third-order valence-electron chi connectivity index (χ3n) is 3.43. The Hall–Kier alpha value is -2.29. The van der Waals surface area contributed by atoms with Crippen molar-refractivity contribution in [2.24, 2.45) is 0 Å². The standard InChI is InChI=1S/C18H21NO2/c1-4-21-18(20)15-9-11-16(12-10-15)19-14(3)17-8-6-5-7-13(17)2/h5-12,14,19H,4H2,1-3H3. The predicted octanol–water partition coefficient (Wildman–Crippen LogP) is 4.34. The van der Waals surface area contributed by atoms with Gasteiger partial charge in [-0.25, -0.2) is 4.79 Å². The molecule has 2 rings (SSSR count). The number of esters is 1. The van der Waals surface area contributed by atoms with E-state index in [2.05, 4.69) is 31.3 Å². The van der Waals surface area contributed by atoms with Crippen LogP contribution in [-0.2, 0) is 4.74 Å². The number of carbonyl (C=O) groups is 1. The number of nitrogens with one attached hydrogen (secondary N) is 1. The van der Waals surface area contributed by atoms with Gasteiger partial charge in [0.25, 0.3) is 0 Å². The van der Waals surface area contributed by atoms with Gasteiger partial charge >= 0.3 is 5.97 Å². The lowest BCUT2D eigenvalue weighted by atomic mass is 10.0. The normalized spacial score (nSPS) is 11.8. The maximum atomic E-state index is 11.6. The van der Waals surface area contributed by atoms with Gasteiger partial charge in [-0.2, -0.15) is 0 Å². The van der Waals surface area contributed by atoms with E-state index in [-0.39, 0.29) is 12.0 Å². The first-order valence-electron chi connectivity index (χ1n) is 7.21. The number of rotatable bonds is 5. The predicted molar refractivity (Wildman–Crippen MR) is 85.6 cm³/mol. The van der Waals surface area contributed by atoms with E-state index in [0.29, 0.717) is 12.2 Å². The summed E-state index contributed by atoms with van der Waals surface area (Å²) in [6.07, 6.45) is 0. The highest BCUT2D eigenvalue weighted by molar-refractivity contribution is 5.89. The van der Waals surface area contributed by atoms with E-state index in [1.165, 1.54) is 11.1 Å². The molecule has 21 heavy (non-hydrogen) atoms. The molecular weight excluding hydrogens is 262 g/mol. The Labute approximate surface area is 126 Å². The van der Waals surface area contributed by atoms with E-state index in [1.54, 1.807) is 19.1 Å².